The van der Waals surface area contributed by atoms with Crippen LogP contribution in [0.15, 0.2) is 42.5 Å². The standard InChI is InChI=1S/C20H22FNO2/c21-17-4-2-15(3-5-17)18-7-9-22(13-19(18)23)12-14-1-6-20-16(11-14)8-10-24-20/h1-6,11,18-19,23H,7-10,12-13H2/t18-,19+/m0/s1. The summed E-state index contributed by atoms with van der Waals surface area (Å²) in [6.45, 7) is 3.21. The number of hydrogen-bond acceptors (Lipinski definition) is 3. The molecule has 2 aromatic rings. The topological polar surface area (TPSA) is 32.7 Å². The van der Waals surface area contributed by atoms with E-state index in [9.17, 15) is 9.50 Å². The van der Waals surface area contributed by atoms with Crippen LogP contribution in [-0.4, -0.2) is 35.8 Å². The predicted molar refractivity (Wildman–Crippen MR) is 90.7 cm³/mol. The molecule has 0 bridgehead atoms. The highest BCUT2D eigenvalue weighted by atomic mass is 19.1. The summed E-state index contributed by atoms with van der Waals surface area (Å²) in [6, 6.07) is 12.9. The van der Waals surface area contributed by atoms with Gasteiger partial charge in [-0.1, -0.05) is 24.3 Å². The lowest BCUT2D eigenvalue weighted by molar-refractivity contribution is 0.0476. The lowest BCUT2D eigenvalue weighted by Crippen LogP contribution is -2.42. The highest BCUT2D eigenvalue weighted by Crippen LogP contribution is 2.30. The molecule has 0 amide bonds. The van der Waals surface area contributed by atoms with Gasteiger partial charge in [-0.25, -0.2) is 4.39 Å². The molecule has 126 valence electrons. The largest absolute Gasteiger partial charge is 0.493 e. The highest BCUT2D eigenvalue weighted by Gasteiger charge is 2.29. The molecule has 2 heterocycles. The molecule has 1 saturated heterocycles. The Kier molecular flexibility index (Phi) is 4.25. The summed E-state index contributed by atoms with van der Waals surface area (Å²) in [6.07, 6.45) is 1.46. The van der Waals surface area contributed by atoms with E-state index < -0.39 is 6.10 Å². The number of piperidine rings is 1. The second-order valence-electron chi connectivity index (χ2n) is 6.79. The van der Waals surface area contributed by atoms with Crippen molar-refractivity contribution in [2.24, 2.45) is 0 Å². The fourth-order valence-corrected chi connectivity index (χ4v) is 3.84. The molecule has 2 aromatic carbocycles. The summed E-state index contributed by atoms with van der Waals surface area (Å²) in [7, 11) is 0. The maximum Gasteiger partial charge on any atom is 0.123 e. The van der Waals surface area contributed by atoms with Gasteiger partial charge in [-0.3, -0.25) is 4.90 Å². The van der Waals surface area contributed by atoms with Crippen LogP contribution in [0.3, 0.4) is 0 Å². The molecule has 0 spiro atoms. The summed E-state index contributed by atoms with van der Waals surface area (Å²) >= 11 is 0. The number of halogens is 1. The molecule has 1 N–H and O–H groups in total. The van der Waals surface area contributed by atoms with Crippen LogP contribution in [0, 0.1) is 5.82 Å². The molecule has 0 saturated carbocycles. The van der Waals surface area contributed by atoms with Gasteiger partial charge in [0.1, 0.15) is 11.6 Å². The van der Waals surface area contributed by atoms with Crippen LogP contribution in [0.1, 0.15) is 29.0 Å². The Morgan fingerprint density at radius 3 is 2.79 bits per heavy atom. The van der Waals surface area contributed by atoms with Crippen LogP contribution in [0.5, 0.6) is 5.75 Å². The first-order valence-electron chi connectivity index (χ1n) is 8.59. The van der Waals surface area contributed by atoms with Crippen molar-refractivity contribution in [2.45, 2.75) is 31.4 Å². The average molecular weight is 327 g/mol. The van der Waals surface area contributed by atoms with E-state index in [1.54, 1.807) is 12.1 Å². The average Bonchev–Trinajstić information content (AvgIpc) is 3.04. The molecule has 24 heavy (non-hydrogen) atoms. The molecule has 0 radical (unpaired) electrons. The van der Waals surface area contributed by atoms with Crippen LogP contribution < -0.4 is 4.74 Å². The zero-order valence-electron chi connectivity index (χ0n) is 13.6. The molecule has 2 atom stereocenters. The van der Waals surface area contributed by atoms with Crippen molar-refractivity contribution in [1.29, 1.82) is 0 Å². The van der Waals surface area contributed by atoms with Gasteiger partial charge in [0, 0.05) is 25.4 Å². The molecular weight excluding hydrogens is 305 g/mol. The monoisotopic (exact) mass is 327 g/mol. The number of β-amino-alcohol motifs (C(OH)–C–C–N with tert-alkyl or cyclic N) is 1. The SMILES string of the molecule is O[C@@H]1CN(Cc2ccc3c(c2)CCO3)CC[C@H]1c1ccc(F)cc1. The molecule has 2 aliphatic rings. The predicted octanol–water partition coefficient (Wildman–Crippen LogP) is 3.11. The number of rotatable bonds is 3. The molecule has 3 nitrogen and oxygen atoms in total. The molecule has 4 rings (SSSR count). The van der Waals surface area contributed by atoms with Gasteiger partial charge in [0.25, 0.3) is 0 Å². The molecular formula is C20H22FNO2. The van der Waals surface area contributed by atoms with E-state index >= 15 is 0 Å². The number of aliphatic hydroxyl groups excluding tert-OH is 1. The Morgan fingerprint density at radius 1 is 1.17 bits per heavy atom. The van der Waals surface area contributed by atoms with Crippen molar-refractivity contribution >= 4 is 0 Å². The first kappa shape index (κ1) is 15.6. The van der Waals surface area contributed by atoms with Crippen molar-refractivity contribution < 1.29 is 14.2 Å². The Morgan fingerprint density at radius 2 is 2.00 bits per heavy atom. The van der Waals surface area contributed by atoms with E-state index in [2.05, 4.69) is 23.1 Å². The van der Waals surface area contributed by atoms with E-state index in [4.69, 9.17) is 4.74 Å². The molecule has 0 aliphatic carbocycles. The third-order valence-electron chi connectivity index (χ3n) is 5.12. The second-order valence-corrected chi connectivity index (χ2v) is 6.79. The van der Waals surface area contributed by atoms with Gasteiger partial charge in [-0.05, 0) is 47.9 Å². The van der Waals surface area contributed by atoms with E-state index in [1.165, 1.54) is 23.3 Å². The van der Waals surface area contributed by atoms with Gasteiger partial charge in [-0.2, -0.15) is 0 Å². The minimum absolute atomic E-state index is 0.0928. The van der Waals surface area contributed by atoms with E-state index in [0.29, 0.717) is 6.54 Å². The lowest BCUT2D eigenvalue weighted by Gasteiger charge is -2.36. The van der Waals surface area contributed by atoms with Gasteiger partial charge in [0.05, 0.1) is 12.7 Å². The molecule has 0 unspecified atom stereocenters. The number of nitrogens with zero attached hydrogens (tertiary/aromatic N) is 1. The van der Waals surface area contributed by atoms with Gasteiger partial charge in [0.15, 0.2) is 0 Å². The second kappa shape index (κ2) is 6.54. The van der Waals surface area contributed by atoms with Gasteiger partial charge >= 0.3 is 0 Å². The molecule has 1 fully saturated rings. The van der Waals surface area contributed by atoms with Gasteiger partial charge < -0.3 is 9.84 Å². The third kappa shape index (κ3) is 3.17. The number of fused-ring (bicyclic) bond motifs is 1. The third-order valence-corrected chi connectivity index (χ3v) is 5.12. The van der Waals surface area contributed by atoms with Crippen LogP contribution in [0.4, 0.5) is 4.39 Å². The van der Waals surface area contributed by atoms with Crippen LogP contribution in [-0.2, 0) is 13.0 Å². The molecule has 4 heteroatoms. The summed E-state index contributed by atoms with van der Waals surface area (Å²) in [5.74, 6) is 0.871. The van der Waals surface area contributed by atoms with E-state index in [0.717, 1.165) is 43.9 Å². The van der Waals surface area contributed by atoms with Crippen molar-refractivity contribution in [3.05, 3.63) is 65.0 Å². The Bertz CT molecular complexity index is 716. The number of likely N-dealkylation sites (tertiary alicyclic amines) is 1. The zero-order valence-corrected chi connectivity index (χ0v) is 13.6. The van der Waals surface area contributed by atoms with Crippen molar-refractivity contribution in [3.8, 4) is 5.75 Å². The minimum atomic E-state index is -0.415. The zero-order chi connectivity index (χ0) is 16.5. The summed E-state index contributed by atoms with van der Waals surface area (Å²) in [5.41, 5.74) is 3.58. The fourth-order valence-electron chi connectivity index (χ4n) is 3.84. The van der Waals surface area contributed by atoms with Crippen molar-refractivity contribution in [1.82, 2.24) is 4.90 Å². The fraction of sp³-hybridized carbons (Fsp3) is 0.400. The first-order chi connectivity index (χ1) is 11.7. The Labute approximate surface area is 141 Å². The van der Waals surface area contributed by atoms with Crippen molar-refractivity contribution in [3.63, 3.8) is 0 Å². The summed E-state index contributed by atoms with van der Waals surface area (Å²) < 4.78 is 18.6. The molecule has 2 aliphatic heterocycles. The maximum absolute atomic E-state index is 13.1. The number of benzene rings is 2. The Hall–Kier alpha value is -1.91. The Balaban J connectivity index is 1.40. The quantitative estimate of drug-likeness (QED) is 0.940. The van der Waals surface area contributed by atoms with Gasteiger partial charge in [0.2, 0.25) is 0 Å². The smallest absolute Gasteiger partial charge is 0.123 e. The molecule has 0 aromatic heterocycles. The normalized spacial score (nSPS) is 23.8. The maximum atomic E-state index is 13.1. The summed E-state index contributed by atoms with van der Waals surface area (Å²) in [5, 5.41) is 10.5. The van der Waals surface area contributed by atoms with E-state index in [-0.39, 0.29) is 11.7 Å². The van der Waals surface area contributed by atoms with E-state index in [1.807, 2.05) is 0 Å². The van der Waals surface area contributed by atoms with Crippen molar-refractivity contribution in [2.75, 3.05) is 19.7 Å². The van der Waals surface area contributed by atoms with Crippen LogP contribution in [0.25, 0.3) is 0 Å². The van der Waals surface area contributed by atoms with Crippen LogP contribution >= 0.6 is 0 Å². The van der Waals surface area contributed by atoms with Gasteiger partial charge in [-0.15, -0.1) is 0 Å². The number of aliphatic hydroxyl groups is 1. The summed E-state index contributed by atoms with van der Waals surface area (Å²) in [4.78, 5) is 2.29. The minimum Gasteiger partial charge on any atom is -0.493 e. The highest BCUT2D eigenvalue weighted by molar-refractivity contribution is 5.39. The first-order valence-corrected chi connectivity index (χ1v) is 8.59. The van der Waals surface area contributed by atoms with Crippen LogP contribution in [0.2, 0.25) is 0 Å². The number of hydrogen-bond donors (Lipinski definition) is 1. The number of ether oxygens (including phenoxy) is 1. The lowest BCUT2D eigenvalue weighted by atomic mass is 9.87.